The summed E-state index contributed by atoms with van der Waals surface area (Å²) in [5, 5.41) is 2.28. The molecule has 8 aromatic carbocycles. The van der Waals surface area contributed by atoms with E-state index >= 15 is 0 Å². The van der Waals surface area contributed by atoms with E-state index in [9.17, 15) is 0 Å². The Bertz CT molecular complexity index is 4000. The zero-order chi connectivity index (χ0) is 55.7. The Morgan fingerprint density at radius 1 is 0.468 bits per heavy atom. The lowest BCUT2D eigenvalue weighted by Crippen LogP contribution is -2.62. The number of hydrogen-bond acceptors (Lipinski definition) is 4. The molecule has 2 aliphatic carbocycles. The normalized spacial score (nSPS) is 17.5. The van der Waals surface area contributed by atoms with E-state index in [0.29, 0.717) is 0 Å². The summed E-state index contributed by atoms with van der Waals surface area (Å²) < 4.78 is 6.90. The topological polar surface area (TPSA) is 22.9 Å². The predicted molar refractivity (Wildman–Crippen MR) is 340 cm³/mol. The molecule has 0 N–H and O–H groups in total. The Morgan fingerprint density at radius 3 is 1.72 bits per heavy atom. The van der Waals surface area contributed by atoms with Crippen molar-refractivity contribution in [3.63, 3.8) is 0 Å². The van der Waals surface area contributed by atoms with Crippen molar-refractivity contribution in [1.82, 2.24) is 0 Å². The van der Waals surface area contributed by atoms with Crippen LogP contribution in [-0.2, 0) is 32.5 Å². The molecule has 0 unspecified atom stereocenters. The fraction of sp³-hybridized carbons (Fsp3) is 0.351. The van der Waals surface area contributed by atoms with Crippen molar-refractivity contribution in [1.29, 1.82) is 0 Å². The van der Waals surface area contributed by atoms with Crippen LogP contribution in [0.3, 0.4) is 0 Å². The fourth-order valence-electron chi connectivity index (χ4n) is 14.4. The van der Waals surface area contributed by atoms with Crippen molar-refractivity contribution in [2.45, 2.75) is 169 Å². The number of hydrogen-bond donors (Lipinski definition) is 0. The number of nitrogens with zero attached hydrogens (tertiary/aromatic N) is 3. The van der Waals surface area contributed by atoms with E-state index in [2.05, 4.69) is 271 Å². The maximum absolute atomic E-state index is 6.90. The van der Waals surface area contributed by atoms with Gasteiger partial charge in [0.2, 0.25) is 0 Å². The standard InChI is InChI=1S/C74H80BN3O/c1-45-22-21-24-48(36-45)76(61-26-19-17-23-46(61)2)50-29-31-59-62(42-50)78(51-39-53-52-25-18-20-27-66(52)79-68(53)58(41-51)70(6,7)8)65-38-47(69(3,4)5)37-64-67(65)75(59)60-43-56-57(74(15,16)35-34-73(56,13)14)44-63(60)77(64)49-28-30-54-55(40-49)72(11,12)33-32-71(54,9)10/h17-31,36-44H,32-35H2,1-16H3. The first-order valence-electron chi connectivity index (χ1n) is 29.4. The summed E-state index contributed by atoms with van der Waals surface area (Å²) in [7, 11) is 0. The number of furan rings is 1. The molecule has 5 heteroatoms. The SMILES string of the molecule is Cc1cccc(N(c2ccc3c(c2)N(c2cc(C(C)(C)C)c4oc5ccccc5c4c2)c2cc(C(C)(C)C)cc4c2B3c2cc3c(cc2N4c2ccc4c(c2)C(C)(C)CCC4(C)C)C(C)(C)CCC3(C)C)c2ccccc2C)c1. The molecule has 79 heavy (non-hydrogen) atoms. The summed E-state index contributed by atoms with van der Waals surface area (Å²) >= 11 is 0. The van der Waals surface area contributed by atoms with Gasteiger partial charge in [-0.3, -0.25) is 0 Å². The van der Waals surface area contributed by atoms with Gasteiger partial charge in [-0.05, 0) is 206 Å². The summed E-state index contributed by atoms with van der Waals surface area (Å²) in [4.78, 5) is 7.87. The monoisotopic (exact) mass is 1040 g/mol. The van der Waals surface area contributed by atoms with Crippen LogP contribution < -0.4 is 31.1 Å². The summed E-state index contributed by atoms with van der Waals surface area (Å²) in [6, 6.07) is 56.9. The zero-order valence-electron chi connectivity index (χ0n) is 50.0. The third kappa shape index (κ3) is 8.05. The summed E-state index contributed by atoms with van der Waals surface area (Å²) in [5.41, 5.74) is 27.4. The highest BCUT2D eigenvalue weighted by Crippen LogP contribution is 2.54. The van der Waals surface area contributed by atoms with Crippen molar-refractivity contribution in [3.8, 4) is 0 Å². The van der Waals surface area contributed by atoms with Crippen LogP contribution in [0, 0.1) is 13.8 Å². The van der Waals surface area contributed by atoms with Crippen molar-refractivity contribution in [3.05, 3.63) is 190 Å². The third-order valence-electron chi connectivity index (χ3n) is 19.4. The number of benzene rings is 8. The molecule has 0 bridgehead atoms. The highest BCUT2D eigenvalue weighted by atomic mass is 16.3. The van der Waals surface area contributed by atoms with Gasteiger partial charge in [-0.25, -0.2) is 0 Å². The Balaban J connectivity index is 1.19. The van der Waals surface area contributed by atoms with Gasteiger partial charge in [0.1, 0.15) is 11.2 Å². The van der Waals surface area contributed by atoms with E-state index in [1.807, 2.05) is 0 Å². The summed E-state index contributed by atoms with van der Waals surface area (Å²) in [6.07, 6.45) is 4.64. The van der Waals surface area contributed by atoms with Crippen LogP contribution >= 0.6 is 0 Å². The molecule has 0 fully saturated rings. The van der Waals surface area contributed by atoms with E-state index < -0.39 is 0 Å². The van der Waals surface area contributed by atoms with Crippen LogP contribution in [0.2, 0.25) is 0 Å². The molecule has 4 nitrogen and oxygen atoms in total. The van der Waals surface area contributed by atoms with Gasteiger partial charge in [0.05, 0.1) is 0 Å². The van der Waals surface area contributed by atoms with E-state index in [-0.39, 0.29) is 39.2 Å². The lowest BCUT2D eigenvalue weighted by Gasteiger charge is -2.48. The molecule has 2 aliphatic heterocycles. The molecule has 400 valence electrons. The minimum Gasteiger partial charge on any atom is -0.456 e. The van der Waals surface area contributed by atoms with Gasteiger partial charge < -0.3 is 19.1 Å². The van der Waals surface area contributed by atoms with Crippen molar-refractivity contribution < 1.29 is 4.42 Å². The second-order valence-corrected chi connectivity index (χ2v) is 28.9. The molecule has 0 saturated carbocycles. The van der Waals surface area contributed by atoms with Gasteiger partial charge in [-0.15, -0.1) is 0 Å². The number of para-hydroxylation sites is 2. The van der Waals surface area contributed by atoms with Crippen LogP contribution in [0.25, 0.3) is 21.9 Å². The molecular weight excluding hydrogens is 958 g/mol. The number of rotatable bonds is 5. The van der Waals surface area contributed by atoms with Gasteiger partial charge >= 0.3 is 0 Å². The van der Waals surface area contributed by atoms with Gasteiger partial charge in [0.15, 0.2) is 0 Å². The first-order chi connectivity index (χ1) is 37.2. The van der Waals surface area contributed by atoms with Crippen LogP contribution in [0.4, 0.5) is 51.2 Å². The van der Waals surface area contributed by atoms with Gasteiger partial charge in [0.25, 0.3) is 6.71 Å². The summed E-state index contributed by atoms with van der Waals surface area (Å²) in [5.74, 6) is 0. The minimum atomic E-state index is -0.227. The maximum atomic E-state index is 6.90. The van der Waals surface area contributed by atoms with Crippen molar-refractivity contribution in [2.24, 2.45) is 0 Å². The second kappa shape index (κ2) is 17.3. The zero-order valence-corrected chi connectivity index (χ0v) is 50.0. The lowest BCUT2D eigenvalue weighted by atomic mass is 9.33. The van der Waals surface area contributed by atoms with E-state index in [4.69, 9.17) is 4.42 Å². The Morgan fingerprint density at radius 2 is 1.06 bits per heavy atom. The third-order valence-corrected chi connectivity index (χ3v) is 19.4. The molecule has 0 amide bonds. The van der Waals surface area contributed by atoms with Crippen LogP contribution in [0.1, 0.15) is 167 Å². The highest BCUT2D eigenvalue weighted by molar-refractivity contribution is 7.00. The lowest BCUT2D eigenvalue weighted by molar-refractivity contribution is 0.332. The minimum absolute atomic E-state index is 0.00667. The first-order valence-corrected chi connectivity index (χ1v) is 29.4. The fourth-order valence-corrected chi connectivity index (χ4v) is 14.4. The average Bonchev–Trinajstić information content (AvgIpc) is 3.96. The molecule has 0 spiro atoms. The van der Waals surface area contributed by atoms with E-state index in [1.54, 1.807) is 0 Å². The predicted octanol–water partition coefficient (Wildman–Crippen LogP) is 19.0. The average molecular weight is 1040 g/mol. The smallest absolute Gasteiger partial charge is 0.252 e. The molecule has 0 radical (unpaired) electrons. The van der Waals surface area contributed by atoms with E-state index in [0.717, 1.165) is 58.3 Å². The van der Waals surface area contributed by atoms with Crippen molar-refractivity contribution in [2.75, 3.05) is 14.7 Å². The van der Waals surface area contributed by atoms with Crippen molar-refractivity contribution >= 4 is 96.2 Å². The second-order valence-electron chi connectivity index (χ2n) is 28.9. The number of anilines is 9. The Labute approximate surface area is 471 Å². The first kappa shape index (κ1) is 51.5. The maximum Gasteiger partial charge on any atom is 0.252 e. The Hall–Kier alpha value is -6.98. The summed E-state index contributed by atoms with van der Waals surface area (Å²) in [6.45, 7) is 38.4. The van der Waals surface area contributed by atoms with Gasteiger partial charge in [0, 0.05) is 67.5 Å². The van der Waals surface area contributed by atoms with E-state index in [1.165, 1.54) is 101 Å². The largest absolute Gasteiger partial charge is 0.456 e. The van der Waals surface area contributed by atoms with Gasteiger partial charge in [-0.1, -0.05) is 164 Å². The van der Waals surface area contributed by atoms with Gasteiger partial charge in [-0.2, -0.15) is 0 Å². The van der Waals surface area contributed by atoms with Crippen LogP contribution in [0.15, 0.2) is 150 Å². The quantitative estimate of drug-likeness (QED) is 0.160. The molecule has 3 heterocycles. The molecule has 13 rings (SSSR count). The molecule has 4 aliphatic rings. The Kier molecular flexibility index (Phi) is 11.2. The van der Waals surface area contributed by atoms with Crippen LogP contribution in [-0.4, -0.2) is 6.71 Å². The molecular formula is C74H80BN3O. The highest BCUT2D eigenvalue weighted by Gasteiger charge is 2.48. The number of fused-ring (bicyclic) bond motifs is 9. The molecule has 9 aromatic rings. The molecule has 0 saturated heterocycles. The van der Waals surface area contributed by atoms with Crippen LogP contribution in [0.5, 0.6) is 0 Å². The number of aryl methyl sites for hydroxylation is 2. The molecule has 0 atom stereocenters. The molecule has 1 aromatic heterocycles.